The summed E-state index contributed by atoms with van der Waals surface area (Å²) in [5, 5.41) is 4.75. The van der Waals surface area contributed by atoms with E-state index >= 15 is 0 Å². The summed E-state index contributed by atoms with van der Waals surface area (Å²) in [4.78, 5) is 6.78. The zero-order chi connectivity index (χ0) is 14.8. The van der Waals surface area contributed by atoms with Crippen molar-refractivity contribution in [3.05, 3.63) is 42.1 Å². The minimum atomic E-state index is 0.0544. The van der Waals surface area contributed by atoms with Gasteiger partial charge in [-0.2, -0.15) is 0 Å². The van der Waals surface area contributed by atoms with E-state index in [0.717, 1.165) is 11.9 Å². The molecule has 0 radical (unpaired) electrons. The highest BCUT2D eigenvalue weighted by molar-refractivity contribution is 5.82. The maximum Gasteiger partial charge on any atom is 0.0705 e. The summed E-state index contributed by atoms with van der Waals surface area (Å²) in [5.41, 5.74) is 2.43. The molecule has 0 aliphatic heterocycles. The van der Waals surface area contributed by atoms with E-state index in [0.29, 0.717) is 0 Å². The first-order valence-electron chi connectivity index (χ1n) is 7.23. The van der Waals surface area contributed by atoms with Crippen LogP contribution in [0.2, 0.25) is 0 Å². The van der Waals surface area contributed by atoms with Gasteiger partial charge in [0.15, 0.2) is 0 Å². The number of benzene rings is 1. The fourth-order valence-electron chi connectivity index (χ4n) is 2.96. The van der Waals surface area contributed by atoms with Crippen molar-refractivity contribution in [1.29, 1.82) is 0 Å². The van der Waals surface area contributed by atoms with Gasteiger partial charge in [-0.3, -0.25) is 4.98 Å². The van der Waals surface area contributed by atoms with Crippen molar-refractivity contribution in [2.45, 2.75) is 31.8 Å². The topological polar surface area (TPSA) is 28.2 Å². The average molecular weight is 271 g/mol. The Morgan fingerprint density at radius 1 is 1.25 bits per heavy atom. The predicted octanol–water partition coefficient (Wildman–Crippen LogP) is 3.23. The van der Waals surface area contributed by atoms with E-state index < -0.39 is 0 Å². The van der Waals surface area contributed by atoms with Gasteiger partial charge in [0.25, 0.3) is 0 Å². The second-order valence-corrected chi connectivity index (χ2v) is 5.74. The van der Waals surface area contributed by atoms with Crippen LogP contribution in [0.15, 0.2) is 36.5 Å². The number of hydrogen-bond donors (Lipinski definition) is 1. The molecule has 0 spiro atoms. The van der Waals surface area contributed by atoms with Crippen molar-refractivity contribution in [3.63, 3.8) is 0 Å². The Balaban J connectivity index is 2.60. The van der Waals surface area contributed by atoms with Gasteiger partial charge in [-0.1, -0.05) is 25.1 Å². The third-order valence-corrected chi connectivity index (χ3v) is 4.64. The summed E-state index contributed by atoms with van der Waals surface area (Å²) in [5.74, 6) is 0. The maximum atomic E-state index is 4.47. The van der Waals surface area contributed by atoms with E-state index in [2.05, 4.69) is 67.4 Å². The van der Waals surface area contributed by atoms with Crippen molar-refractivity contribution in [2.75, 3.05) is 21.1 Å². The van der Waals surface area contributed by atoms with Crippen molar-refractivity contribution in [2.24, 2.45) is 0 Å². The van der Waals surface area contributed by atoms with Crippen LogP contribution < -0.4 is 5.32 Å². The molecule has 0 aliphatic carbocycles. The molecule has 0 aliphatic rings. The zero-order valence-electron chi connectivity index (χ0n) is 13.1. The van der Waals surface area contributed by atoms with Crippen LogP contribution in [0.5, 0.6) is 0 Å². The molecule has 0 saturated carbocycles. The first-order chi connectivity index (χ1) is 9.54. The molecule has 108 valence electrons. The molecule has 3 heteroatoms. The van der Waals surface area contributed by atoms with Crippen LogP contribution in [0, 0.1) is 0 Å². The van der Waals surface area contributed by atoms with Crippen LogP contribution >= 0.6 is 0 Å². The molecule has 2 atom stereocenters. The lowest BCUT2D eigenvalue weighted by molar-refractivity contribution is 0.117. The summed E-state index contributed by atoms with van der Waals surface area (Å²) in [7, 11) is 6.34. The first-order valence-corrected chi connectivity index (χ1v) is 7.23. The summed E-state index contributed by atoms with van der Waals surface area (Å²) in [6, 6.07) is 10.8. The Bertz CT molecular complexity index is 574. The number of aromatic nitrogens is 1. The SMILES string of the molecule is CCC(C)(C(NC)c1cccc2ncccc12)N(C)C. The Hall–Kier alpha value is -1.45. The Labute approximate surface area is 122 Å². The Morgan fingerprint density at radius 3 is 2.60 bits per heavy atom. The van der Waals surface area contributed by atoms with E-state index in [1.54, 1.807) is 0 Å². The van der Waals surface area contributed by atoms with Crippen LogP contribution in [0.3, 0.4) is 0 Å². The quantitative estimate of drug-likeness (QED) is 0.905. The van der Waals surface area contributed by atoms with Gasteiger partial charge in [-0.05, 0) is 52.2 Å². The Kier molecular flexibility index (Phi) is 4.41. The van der Waals surface area contributed by atoms with Gasteiger partial charge in [0.05, 0.1) is 11.6 Å². The first kappa shape index (κ1) is 14.9. The summed E-state index contributed by atoms with van der Waals surface area (Å²) in [6.07, 6.45) is 2.92. The molecule has 0 fully saturated rings. The minimum Gasteiger partial charge on any atom is -0.311 e. The monoisotopic (exact) mass is 271 g/mol. The standard InChI is InChI=1S/C17H25N3/c1-6-17(2,20(4)5)16(18-3)14-9-7-11-15-13(14)10-8-12-19-15/h7-12,16,18H,6H2,1-5H3. The largest absolute Gasteiger partial charge is 0.311 e. The lowest BCUT2D eigenvalue weighted by atomic mass is 9.82. The molecular weight excluding hydrogens is 246 g/mol. The smallest absolute Gasteiger partial charge is 0.0705 e. The molecule has 3 nitrogen and oxygen atoms in total. The molecule has 1 heterocycles. The van der Waals surface area contributed by atoms with Crippen molar-refractivity contribution in [1.82, 2.24) is 15.2 Å². The number of rotatable bonds is 5. The number of hydrogen-bond acceptors (Lipinski definition) is 3. The normalized spacial score (nSPS) is 16.3. The van der Waals surface area contributed by atoms with Gasteiger partial charge in [0.1, 0.15) is 0 Å². The van der Waals surface area contributed by atoms with E-state index in [-0.39, 0.29) is 11.6 Å². The highest BCUT2D eigenvalue weighted by Gasteiger charge is 2.35. The molecule has 0 saturated heterocycles. The summed E-state index contributed by atoms with van der Waals surface area (Å²) in [6.45, 7) is 4.55. The average Bonchev–Trinajstić information content (AvgIpc) is 2.47. The van der Waals surface area contributed by atoms with Gasteiger partial charge in [-0.25, -0.2) is 0 Å². The van der Waals surface area contributed by atoms with Gasteiger partial charge in [-0.15, -0.1) is 0 Å². The summed E-state index contributed by atoms with van der Waals surface area (Å²) < 4.78 is 0. The number of nitrogens with one attached hydrogen (secondary N) is 1. The lowest BCUT2D eigenvalue weighted by Gasteiger charge is -2.43. The number of fused-ring (bicyclic) bond motifs is 1. The fourth-order valence-corrected chi connectivity index (χ4v) is 2.96. The molecule has 1 aromatic carbocycles. The molecule has 1 N–H and O–H groups in total. The van der Waals surface area contributed by atoms with Crippen molar-refractivity contribution >= 4 is 10.9 Å². The molecule has 0 bridgehead atoms. The number of likely N-dealkylation sites (N-methyl/N-ethyl adjacent to an activating group) is 2. The van der Waals surface area contributed by atoms with Crippen molar-refractivity contribution < 1.29 is 0 Å². The van der Waals surface area contributed by atoms with Gasteiger partial charge in [0.2, 0.25) is 0 Å². The highest BCUT2D eigenvalue weighted by atomic mass is 15.2. The van der Waals surface area contributed by atoms with Crippen LogP contribution in [-0.4, -0.2) is 36.6 Å². The molecule has 2 aromatic rings. The third-order valence-electron chi connectivity index (χ3n) is 4.64. The maximum absolute atomic E-state index is 4.47. The van der Waals surface area contributed by atoms with Crippen LogP contribution in [-0.2, 0) is 0 Å². The minimum absolute atomic E-state index is 0.0544. The molecule has 0 amide bonds. The highest BCUT2D eigenvalue weighted by Crippen LogP contribution is 2.35. The third kappa shape index (κ3) is 2.43. The van der Waals surface area contributed by atoms with Crippen LogP contribution in [0.1, 0.15) is 31.9 Å². The van der Waals surface area contributed by atoms with Gasteiger partial charge >= 0.3 is 0 Å². The van der Waals surface area contributed by atoms with E-state index in [4.69, 9.17) is 0 Å². The summed E-state index contributed by atoms with van der Waals surface area (Å²) >= 11 is 0. The second kappa shape index (κ2) is 5.90. The van der Waals surface area contributed by atoms with Gasteiger partial charge < -0.3 is 10.2 Å². The number of pyridine rings is 1. The van der Waals surface area contributed by atoms with Gasteiger partial charge in [0, 0.05) is 17.1 Å². The predicted molar refractivity (Wildman–Crippen MR) is 85.9 cm³/mol. The second-order valence-electron chi connectivity index (χ2n) is 5.74. The van der Waals surface area contributed by atoms with E-state index in [9.17, 15) is 0 Å². The number of nitrogens with zero attached hydrogens (tertiary/aromatic N) is 2. The molecule has 2 rings (SSSR count). The van der Waals surface area contributed by atoms with E-state index in [1.807, 2.05) is 19.3 Å². The van der Waals surface area contributed by atoms with E-state index in [1.165, 1.54) is 10.9 Å². The molecule has 20 heavy (non-hydrogen) atoms. The lowest BCUT2D eigenvalue weighted by Crippen LogP contribution is -2.50. The molecular formula is C17H25N3. The van der Waals surface area contributed by atoms with Crippen LogP contribution in [0.4, 0.5) is 0 Å². The Morgan fingerprint density at radius 2 is 2.00 bits per heavy atom. The zero-order valence-corrected chi connectivity index (χ0v) is 13.1. The van der Waals surface area contributed by atoms with Crippen molar-refractivity contribution in [3.8, 4) is 0 Å². The molecule has 1 aromatic heterocycles. The fraction of sp³-hybridized carbons (Fsp3) is 0.471. The van der Waals surface area contributed by atoms with Crippen LogP contribution in [0.25, 0.3) is 10.9 Å². The molecule has 2 unspecified atom stereocenters.